The van der Waals surface area contributed by atoms with Gasteiger partial charge in [-0.2, -0.15) is 0 Å². The van der Waals surface area contributed by atoms with Crippen LogP contribution in [0.1, 0.15) is 39.0 Å². The van der Waals surface area contributed by atoms with Crippen molar-refractivity contribution in [1.29, 1.82) is 0 Å². The normalized spacial score (nSPS) is 39.7. The van der Waals surface area contributed by atoms with E-state index >= 15 is 0 Å². The van der Waals surface area contributed by atoms with Crippen LogP contribution in [0.25, 0.3) is 0 Å². The van der Waals surface area contributed by atoms with Gasteiger partial charge in [-0.05, 0) is 63.9 Å². The molecule has 0 aromatic carbocycles. The van der Waals surface area contributed by atoms with Gasteiger partial charge in [0.1, 0.15) is 29.9 Å². The first-order valence-electron chi connectivity index (χ1n) is 11.3. The predicted molar refractivity (Wildman–Crippen MR) is 117 cm³/mol. The Hall–Kier alpha value is -0.420. The summed E-state index contributed by atoms with van der Waals surface area (Å²) in [4.78, 5) is 15.4. The average molecular weight is 446 g/mol. The minimum Gasteiger partial charge on any atom is -0.388 e. The van der Waals surface area contributed by atoms with E-state index in [0.29, 0.717) is 5.92 Å². The Morgan fingerprint density at radius 2 is 1.93 bits per heavy atom. The SMILES string of the molecule is CCC[C@@H]1C[C@@H](C(=O)N[C@H](C2CCNCC2)C2OC(SC)C(O)C(O)C2O)N(C)C1. The topological polar surface area (TPSA) is 114 Å². The van der Waals surface area contributed by atoms with Gasteiger partial charge in [-0.15, -0.1) is 11.8 Å². The Balaban J connectivity index is 1.76. The molecule has 3 saturated heterocycles. The summed E-state index contributed by atoms with van der Waals surface area (Å²) in [7, 11) is 2.00. The summed E-state index contributed by atoms with van der Waals surface area (Å²) in [6.07, 6.45) is 2.13. The van der Waals surface area contributed by atoms with E-state index in [2.05, 4.69) is 22.5 Å². The number of nitrogens with one attached hydrogen (secondary N) is 2. The van der Waals surface area contributed by atoms with E-state index in [9.17, 15) is 20.1 Å². The maximum Gasteiger partial charge on any atom is 0.237 e. The highest BCUT2D eigenvalue weighted by Gasteiger charge is 2.49. The monoisotopic (exact) mass is 445 g/mol. The predicted octanol–water partition coefficient (Wildman–Crippen LogP) is -0.238. The van der Waals surface area contributed by atoms with E-state index < -0.39 is 35.9 Å². The highest BCUT2D eigenvalue weighted by molar-refractivity contribution is 7.99. The Morgan fingerprint density at radius 3 is 2.57 bits per heavy atom. The Morgan fingerprint density at radius 1 is 1.23 bits per heavy atom. The fourth-order valence-corrected chi connectivity index (χ4v) is 6.01. The van der Waals surface area contributed by atoms with Crippen LogP contribution in [-0.2, 0) is 9.53 Å². The van der Waals surface area contributed by atoms with Crippen molar-refractivity contribution in [1.82, 2.24) is 15.5 Å². The number of aliphatic hydroxyl groups is 3. The van der Waals surface area contributed by atoms with Gasteiger partial charge in [0.2, 0.25) is 5.91 Å². The molecule has 3 aliphatic heterocycles. The Kier molecular flexibility index (Phi) is 8.83. The van der Waals surface area contributed by atoms with E-state index in [-0.39, 0.29) is 17.9 Å². The third-order valence-electron chi connectivity index (χ3n) is 7.03. The number of carbonyl (C=O) groups is 1. The van der Waals surface area contributed by atoms with Crippen molar-refractivity contribution in [2.75, 3.05) is 32.9 Å². The molecule has 0 aromatic rings. The standard InChI is InChI=1S/C21H39N3O5S/c1-4-5-12-10-14(24(2)11-12)20(28)23-15(13-6-8-22-9-7-13)19-17(26)16(25)18(27)21(29-19)30-3/h12-19,21-22,25-27H,4-11H2,1-3H3,(H,23,28)/t12-,14+,15-,16?,17?,18?,19?,21?/m1/s1. The summed E-state index contributed by atoms with van der Waals surface area (Å²) in [5.74, 6) is 0.636. The first-order chi connectivity index (χ1) is 14.4. The molecule has 5 N–H and O–H groups in total. The van der Waals surface area contributed by atoms with Crippen LogP contribution in [0, 0.1) is 11.8 Å². The number of aliphatic hydroxyl groups excluding tert-OH is 3. The average Bonchev–Trinajstić information content (AvgIpc) is 3.12. The highest BCUT2D eigenvalue weighted by atomic mass is 32.2. The molecule has 0 saturated carbocycles. The molecule has 174 valence electrons. The van der Waals surface area contributed by atoms with Crippen molar-refractivity contribution in [3.63, 3.8) is 0 Å². The van der Waals surface area contributed by atoms with E-state index in [4.69, 9.17) is 4.74 Å². The fraction of sp³-hybridized carbons (Fsp3) is 0.952. The van der Waals surface area contributed by atoms with Crippen LogP contribution in [0.4, 0.5) is 0 Å². The van der Waals surface area contributed by atoms with Crippen molar-refractivity contribution >= 4 is 17.7 Å². The zero-order chi connectivity index (χ0) is 21.8. The number of rotatable bonds is 7. The summed E-state index contributed by atoms with van der Waals surface area (Å²) in [6, 6.07) is -0.594. The Bertz CT molecular complexity index is 563. The molecule has 8 atom stereocenters. The van der Waals surface area contributed by atoms with Crippen LogP contribution >= 0.6 is 11.8 Å². The fourth-order valence-electron chi connectivity index (χ4n) is 5.33. The van der Waals surface area contributed by atoms with Crippen molar-refractivity contribution < 1.29 is 24.9 Å². The third kappa shape index (κ3) is 5.31. The van der Waals surface area contributed by atoms with Crippen LogP contribution in [0.2, 0.25) is 0 Å². The summed E-state index contributed by atoms with van der Waals surface area (Å²) >= 11 is 1.30. The molecule has 0 spiro atoms. The molecule has 5 unspecified atom stereocenters. The lowest BCUT2D eigenvalue weighted by Gasteiger charge is -2.46. The van der Waals surface area contributed by atoms with Crippen molar-refractivity contribution in [2.24, 2.45) is 11.8 Å². The number of carbonyl (C=O) groups excluding carboxylic acids is 1. The van der Waals surface area contributed by atoms with Crippen molar-refractivity contribution in [2.45, 2.75) is 81.0 Å². The third-order valence-corrected chi connectivity index (χ3v) is 7.88. The maximum atomic E-state index is 13.3. The summed E-state index contributed by atoms with van der Waals surface area (Å²) in [5.41, 5.74) is -0.641. The minimum absolute atomic E-state index is 0.0308. The number of likely N-dealkylation sites (N-methyl/N-ethyl adjacent to an activating group) is 1. The van der Waals surface area contributed by atoms with Gasteiger partial charge < -0.3 is 30.7 Å². The number of hydrogen-bond acceptors (Lipinski definition) is 8. The number of nitrogens with zero attached hydrogens (tertiary/aromatic N) is 1. The first-order valence-corrected chi connectivity index (χ1v) is 12.6. The number of piperidine rings is 1. The number of likely N-dealkylation sites (tertiary alicyclic amines) is 1. The lowest BCUT2D eigenvalue weighted by molar-refractivity contribution is -0.209. The molecular weight excluding hydrogens is 406 g/mol. The van der Waals surface area contributed by atoms with Gasteiger partial charge in [0.15, 0.2) is 0 Å². The molecule has 3 fully saturated rings. The van der Waals surface area contributed by atoms with Crippen LogP contribution in [0.15, 0.2) is 0 Å². The first kappa shape index (κ1) is 24.2. The largest absolute Gasteiger partial charge is 0.388 e. The molecule has 3 heterocycles. The smallest absolute Gasteiger partial charge is 0.237 e. The molecular formula is C21H39N3O5S. The molecule has 0 aromatic heterocycles. The van der Waals surface area contributed by atoms with E-state index in [1.807, 2.05) is 7.05 Å². The van der Waals surface area contributed by atoms with Gasteiger partial charge >= 0.3 is 0 Å². The number of amides is 1. The number of thioether (sulfide) groups is 1. The summed E-state index contributed by atoms with van der Waals surface area (Å²) in [6.45, 7) is 4.79. The van der Waals surface area contributed by atoms with Gasteiger partial charge in [0.05, 0.1) is 12.1 Å². The molecule has 0 radical (unpaired) electrons. The van der Waals surface area contributed by atoms with Gasteiger partial charge in [-0.3, -0.25) is 9.69 Å². The number of hydrogen-bond donors (Lipinski definition) is 5. The van der Waals surface area contributed by atoms with Gasteiger partial charge in [-0.25, -0.2) is 0 Å². The molecule has 3 aliphatic rings. The lowest BCUT2D eigenvalue weighted by atomic mass is 9.82. The molecule has 3 rings (SSSR count). The molecule has 8 nitrogen and oxygen atoms in total. The molecule has 1 amide bonds. The van der Waals surface area contributed by atoms with Crippen LogP contribution < -0.4 is 10.6 Å². The van der Waals surface area contributed by atoms with Crippen molar-refractivity contribution in [3.8, 4) is 0 Å². The van der Waals surface area contributed by atoms with Gasteiger partial charge in [0, 0.05) is 6.54 Å². The van der Waals surface area contributed by atoms with Crippen LogP contribution in [0.5, 0.6) is 0 Å². The molecule has 0 bridgehead atoms. The second-order valence-corrected chi connectivity index (χ2v) is 10.1. The summed E-state index contributed by atoms with van der Waals surface area (Å²) in [5, 5.41) is 37.9. The van der Waals surface area contributed by atoms with Crippen LogP contribution in [-0.4, -0.2) is 101 Å². The van der Waals surface area contributed by atoms with E-state index in [1.165, 1.54) is 11.8 Å². The molecule has 9 heteroatoms. The van der Waals surface area contributed by atoms with Crippen molar-refractivity contribution in [3.05, 3.63) is 0 Å². The quantitative estimate of drug-likeness (QED) is 0.365. The highest BCUT2D eigenvalue weighted by Crippen LogP contribution is 2.33. The molecule has 30 heavy (non-hydrogen) atoms. The minimum atomic E-state index is -1.30. The second-order valence-electron chi connectivity index (χ2n) is 9.14. The second kappa shape index (κ2) is 10.9. The zero-order valence-electron chi connectivity index (χ0n) is 18.4. The summed E-state index contributed by atoms with van der Waals surface area (Å²) < 4.78 is 6.05. The zero-order valence-corrected chi connectivity index (χ0v) is 19.2. The van der Waals surface area contributed by atoms with E-state index in [0.717, 1.165) is 51.7 Å². The van der Waals surface area contributed by atoms with Gasteiger partial charge in [0.25, 0.3) is 0 Å². The van der Waals surface area contributed by atoms with Crippen LogP contribution in [0.3, 0.4) is 0 Å². The van der Waals surface area contributed by atoms with E-state index in [1.54, 1.807) is 6.26 Å². The number of ether oxygens (including phenoxy) is 1. The molecule has 0 aliphatic carbocycles. The maximum absolute atomic E-state index is 13.3. The van der Waals surface area contributed by atoms with Gasteiger partial charge in [-0.1, -0.05) is 13.3 Å². The Labute approximate surface area is 184 Å². The lowest BCUT2D eigenvalue weighted by Crippen LogP contribution is -2.65.